The first-order valence-corrected chi connectivity index (χ1v) is 11.8. The van der Waals surface area contributed by atoms with Gasteiger partial charge in [0.15, 0.2) is 16.7 Å². The van der Waals surface area contributed by atoms with Crippen LogP contribution in [0.2, 0.25) is 0 Å². The number of thiophene rings is 1. The molecule has 2 aromatic carbocycles. The number of rotatable bonds is 7. The average Bonchev–Trinajstić information content (AvgIpc) is 3.36. The number of ether oxygens (including phenoxy) is 1. The highest BCUT2D eigenvalue weighted by Crippen LogP contribution is 2.29. The SMILES string of the molecule is CCOC(=O)c1c(NC(=O)c2cc3ccccc3s2)nc(SC)n1Cc1ccccc1. The molecule has 0 spiro atoms. The first kappa shape index (κ1) is 21.1. The lowest BCUT2D eigenvalue weighted by molar-refractivity contribution is 0.0514. The Morgan fingerprint density at radius 3 is 2.58 bits per heavy atom. The minimum absolute atomic E-state index is 0.209. The second-order valence-corrected chi connectivity index (χ2v) is 8.55. The van der Waals surface area contributed by atoms with Crippen molar-refractivity contribution in [3.63, 3.8) is 0 Å². The normalized spacial score (nSPS) is 10.9. The molecular weight excluding hydrogens is 430 g/mol. The van der Waals surface area contributed by atoms with E-state index >= 15 is 0 Å². The summed E-state index contributed by atoms with van der Waals surface area (Å²) in [6.07, 6.45) is 1.89. The molecule has 4 rings (SSSR count). The van der Waals surface area contributed by atoms with Gasteiger partial charge in [-0.1, -0.05) is 60.3 Å². The van der Waals surface area contributed by atoms with Crippen molar-refractivity contribution in [3.8, 4) is 0 Å². The van der Waals surface area contributed by atoms with Gasteiger partial charge in [-0.15, -0.1) is 11.3 Å². The van der Waals surface area contributed by atoms with Gasteiger partial charge in [0.2, 0.25) is 0 Å². The number of nitrogens with one attached hydrogen (secondary N) is 1. The van der Waals surface area contributed by atoms with Gasteiger partial charge in [-0.25, -0.2) is 9.78 Å². The molecule has 0 fully saturated rings. The van der Waals surface area contributed by atoms with Crippen molar-refractivity contribution in [2.75, 3.05) is 18.2 Å². The third kappa shape index (κ3) is 4.50. The first-order valence-electron chi connectivity index (χ1n) is 9.76. The van der Waals surface area contributed by atoms with E-state index in [2.05, 4.69) is 10.3 Å². The highest BCUT2D eigenvalue weighted by molar-refractivity contribution is 7.98. The van der Waals surface area contributed by atoms with E-state index in [1.54, 1.807) is 11.5 Å². The van der Waals surface area contributed by atoms with Crippen LogP contribution in [0, 0.1) is 0 Å². The fourth-order valence-electron chi connectivity index (χ4n) is 3.26. The number of amides is 1. The van der Waals surface area contributed by atoms with Gasteiger partial charge in [0.25, 0.3) is 5.91 Å². The minimum atomic E-state index is -0.516. The van der Waals surface area contributed by atoms with Crippen molar-refractivity contribution in [1.82, 2.24) is 9.55 Å². The molecule has 158 valence electrons. The van der Waals surface area contributed by atoms with E-state index in [9.17, 15) is 9.59 Å². The van der Waals surface area contributed by atoms with Crippen molar-refractivity contribution >= 4 is 50.9 Å². The summed E-state index contributed by atoms with van der Waals surface area (Å²) in [4.78, 5) is 30.9. The summed E-state index contributed by atoms with van der Waals surface area (Å²) >= 11 is 2.81. The highest BCUT2D eigenvalue weighted by atomic mass is 32.2. The number of benzene rings is 2. The summed E-state index contributed by atoms with van der Waals surface area (Å²) in [7, 11) is 0. The average molecular weight is 452 g/mol. The van der Waals surface area contributed by atoms with Crippen LogP contribution < -0.4 is 5.32 Å². The molecule has 4 aromatic rings. The minimum Gasteiger partial charge on any atom is -0.461 e. The third-order valence-electron chi connectivity index (χ3n) is 4.65. The van der Waals surface area contributed by atoms with Crippen molar-refractivity contribution in [2.45, 2.75) is 18.6 Å². The van der Waals surface area contributed by atoms with Gasteiger partial charge in [0.1, 0.15) is 0 Å². The van der Waals surface area contributed by atoms with E-state index in [4.69, 9.17) is 4.74 Å². The van der Waals surface area contributed by atoms with Crippen LogP contribution in [0.15, 0.2) is 65.8 Å². The zero-order valence-electron chi connectivity index (χ0n) is 17.1. The smallest absolute Gasteiger partial charge is 0.358 e. The van der Waals surface area contributed by atoms with Crippen LogP contribution in [0.3, 0.4) is 0 Å². The zero-order chi connectivity index (χ0) is 21.8. The number of esters is 1. The number of fused-ring (bicyclic) bond motifs is 1. The number of carbonyl (C=O) groups excluding carboxylic acids is 2. The summed E-state index contributed by atoms with van der Waals surface area (Å²) in [6.45, 7) is 2.42. The number of aromatic nitrogens is 2. The Labute approximate surface area is 188 Å². The number of nitrogens with zero attached hydrogens (tertiary/aromatic N) is 2. The molecule has 8 heteroatoms. The number of imidazole rings is 1. The molecule has 1 amide bonds. The van der Waals surface area contributed by atoms with Crippen LogP contribution in [0.25, 0.3) is 10.1 Å². The van der Waals surface area contributed by atoms with E-state index in [-0.39, 0.29) is 24.0 Å². The lowest BCUT2D eigenvalue weighted by Gasteiger charge is -2.11. The van der Waals surface area contributed by atoms with E-state index in [1.807, 2.05) is 66.9 Å². The van der Waals surface area contributed by atoms with E-state index in [1.165, 1.54) is 23.1 Å². The monoisotopic (exact) mass is 451 g/mol. The zero-order valence-corrected chi connectivity index (χ0v) is 18.8. The number of thioether (sulfide) groups is 1. The Balaban J connectivity index is 1.71. The predicted octanol–water partition coefficient (Wildman–Crippen LogP) is 5.30. The number of hydrogen-bond acceptors (Lipinski definition) is 6. The second-order valence-electron chi connectivity index (χ2n) is 6.69. The largest absolute Gasteiger partial charge is 0.461 e. The van der Waals surface area contributed by atoms with Gasteiger partial charge >= 0.3 is 5.97 Å². The Hall–Kier alpha value is -3.10. The van der Waals surface area contributed by atoms with Gasteiger partial charge in [-0.2, -0.15) is 0 Å². The van der Waals surface area contributed by atoms with Crippen LogP contribution in [-0.4, -0.2) is 34.3 Å². The molecule has 0 saturated heterocycles. The maximum Gasteiger partial charge on any atom is 0.358 e. The summed E-state index contributed by atoms with van der Waals surface area (Å²) in [5.74, 6) is -0.608. The molecule has 0 atom stereocenters. The molecule has 0 unspecified atom stereocenters. The molecule has 0 aliphatic rings. The molecular formula is C23H21N3O3S2. The van der Waals surface area contributed by atoms with Crippen molar-refractivity contribution in [1.29, 1.82) is 0 Å². The Kier molecular flexibility index (Phi) is 6.39. The van der Waals surface area contributed by atoms with Crippen LogP contribution in [0.4, 0.5) is 5.82 Å². The van der Waals surface area contributed by atoms with E-state index < -0.39 is 5.97 Å². The maximum atomic E-state index is 13.0. The highest BCUT2D eigenvalue weighted by Gasteiger charge is 2.26. The number of anilines is 1. The Bertz CT molecular complexity index is 1200. The topological polar surface area (TPSA) is 73.2 Å². The number of carbonyl (C=O) groups is 2. The van der Waals surface area contributed by atoms with Crippen LogP contribution in [0.1, 0.15) is 32.6 Å². The van der Waals surface area contributed by atoms with Crippen LogP contribution in [-0.2, 0) is 11.3 Å². The third-order valence-corrected chi connectivity index (χ3v) is 6.44. The van der Waals surface area contributed by atoms with Gasteiger partial charge in [0, 0.05) is 4.70 Å². The summed E-state index contributed by atoms with van der Waals surface area (Å²) < 4.78 is 8.10. The standard InChI is InChI=1S/C23H21N3O3S2/c1-3-29-22(28)19-20(24-21(27)18-13-16-11-7-8-12-17(16)31-18)25-23(30-2)26(19)14-15-9-5-4-6-10-15/h4-13H,3,14H2,1-2H3,(H,24,27). The van der Waals surface area contributed by atoms with E-state index in [0.29, 0.717) is 16.6 Å². The Morgan fingerprint density at radius 2 is 1.87 bits per heavy atom. The van der Waals surface area contributed by atoms with Crippen LogP contribution >= 0.6 is 23.1 Å². The molecule has 2 heterocycles. The van der Waals surface area contributed by atoms with Crippen molar-refractivity contribution in [2.24, 2.45) is 0 Å². The molecule has 0 radical (unpaired) electrons. The van der Waals surface area contributed by atoms with Gasteiger partial charge in [-0.3, -0.25) is 4.79 Å². The fourth-order valence-corrected chi connectivity index (χ4v) is 4.77. The van der Waals surface area contributed by atoms with Crippen molar-refractivity contribution < 1.29 is 14.3 Å². The molecule has 31 heavy (non-hydrogen) atoms. The maximum absolute atomic E-state index is 13.0. The second kappa shape index (κ2) is 9.36. The molecule has 0 aliphatic heterocycles. The number of hydrogen-bond donors (Lipinski definition) is 1. The summed E-state index contributed by atoms with van der Waals surface area (Å²) in [5, 5.41) is 4.46. The summed E-state index contributed by atoms with van der Waals surface area (Å²) in [6, 6.07) is 19.4. The fraction of sp³-hybridized carbons (Fsp3) is 0.174. The first-order chi connectivity index (χ1) is 15.1. The predicted molar refractivity (Wildman–Crippen MR) is 125 cm³/mol. The van der Waals surface area contributed by atoms with Gasteiger partial charge in [0.05, 0.1) is 18.0 Å². The van der Waals surface area contributed by atoms with Crippen molar-refractivity contribution in [3.05, 3.63) is 76.8 Å². The molecule has 6 nitrogen and oxygen atoms in total. The molecule has 0 saturated carbocycles. The molecule has 2 aromatic heterocycles. The molecule has 1 N–H and O–H groups in total. The summed E-state index contributed by atoms with van der Waals surface area (Å²) in [5.41, 5.74) is 1.26. The lowest BCUT2D eigenvalue weighted by Crippen LogP contribution is -2.18. The quantitative estimate of drug-likeness (QED) is 0.305. The van der Waals surface area contributed by atoms with Crippen LogP contribution in [0.5, 0.6) is 0 Å². The Morgan fingerprint density at radius 1 is 1.13 bits per heavy atom. The molecule has 0 aliphatic carbocycles. The van der Waals surface area contributed by atoms with E-state index in [0.717, 1.165) is 15.6 Å². The molecule has 0 bridgehead atoms. The van der Waals surface area contributed by atoms with Gasteiger partial charge in [-0.05, 0) is 36.3 Å². The lowest BCUT2D eigenvalue weighted by atomic mass is 10.2. The van der Waals surface area contributed by atoms with Gasteiger partial charge < -0.3 is 14.6 Å².